The maximum atomic E-state index is 10.5. The minimum absolute atomic E-state index is 0.0778. The molecule has 0 spiro atoms. The molecule has 2 rings (SSSR count). The fraction of sp³-hybridized carbons (Fsp3) is 0.125. The molecule has 0 aromatic heterocycles. The molecule has 0 N–H and O–H groups in total. The number of benzene rings is 2. The topological polar surface area (TPSA) is 43.4 Å². The van der Waals surface area contributed by atoms with E-state index in [9.17, 15) is 9.59 Å². The minimum atomic E-state index is -0.492. The van der Waals surface area contributed by atoms with Gasteiger partial charge in [-0.3, -0.25) is 9.59 Å². The van der Waals surface area contributed by atoms with Gasteiger partial charge in [-0.05, 0) is 29.3 Å². The summed E-state index contributed by atoms with van der Waals surface area (Å²) >= 11 is 8.73. The third-order valence-electron chi connectivity index (χ3n) is 2.29. The van der Waals surface area contributed by atoms with Gasteiger partial charge >= 0.3 is 0 Å². The van der Waals surface area contributed by atoms with E-state index in [4.69, 9.17) is 16.3 Å². The summed E-state index contributed by atoms with van der Waals surface area (Å²) in [7, 11) is 0. The van der Waals surface area contributed by atoms with E-state index < -0.39 is 5.24 Å². The fourth-order valence-corrected chi connectivity index (χ4v) is 1.66. The van der Waals surface area contributed by atoms with E-state index in [0.29, 0.717) is 12.2 Å². The molecule has 5 heteroatoms. The molecule has 0 amide bonds. The highest BCUT2D eigenvalue weighted by molar-refractivity contribution is 7.96. The Bertz CT molecular complexity index is 558. The zero-order chi connectivity index (χ0) is 15.5. The molecule has 0 heterocycles. The van der Waals surface area contributed by atoms with Crippen molar-refractivity contribution in [3.8, 4) is 5.75 Å². The van der Waals surface area contributed by atoms with Crippen molar-refractivity contribution in [1.82, 2.24) is 0 Å². The van der Waals surface area contributed by atoms with Gasteiger partial charge in [0.25, 0.3) is 5.24 Å². The second kappa shape index (κ2) is 10.0. The average Bonchev–Trinajstić information content (AvgIpc) is 2.47. The monoisotopic (exact) mass is 322 g/mol. The molecule has 3 nitrogen and oxygen atoms in total. The van der Waals surface area contributed by atoms with Gasteiger partial charge in [0, 0.05) is 6.42 Å². The number of rotatable bonds is 5. The van der Waals surface area contributed by atoms with Crippen molar-refractivity contribution in [2.24, 2.45) is 0 Å². The second-order valence-electron chi connectivity index (χ2n) is 4.01. The van der Waals surface area contributed by atoms with E-state index in [0.717, 1.165) is 5.56 Å². The van der Waals surface area contributed by atoms with Crippen LogP contribution in [-0.4, -0.2) is 17.0 Å². The number of carbonyl (C=O) groups excluding carboxylic acids is 2. The average molecular weight is 323 g/mol. The predicted molar refractivity (Wildman–Crippen MR) is 86.9 cm³/mol. The van der Waals surface area contributed by atoms with Crippen LogP contribution in [0.3, 0.4) is 0 Å². The van der Waals surface area contributed by atoms with Crippen LogP contribution in [0.25, 0.3) is 0 Å². The molecule has 0 atom stereocenters. The predicted octanol–water partition coefficient (Wildman–Crippen LogP) is 3.52. The van der Waals surface area contributed by atoms with Crippen LogP contribution in [0.15, 0.2) is 60.7 Å². The normalized spacial score (nSPS) is 9.24. The van der Waals surface area contributed by atoms with E-state index in [1.54, 1.807) is 12.1 Å². The molecule has 2 aromatic rings. The molecule has 0 aliphatic rings. The van der Waals surface area contributed by atoms with E-state index in [1.165, 1.54) is 0 Å². The largest absolute Gasteiger partial charge is 0.484 e. The molecule has 0 unspecified atom stereocenters. The van der Waals surface area contributed by atoms with Crippen LogP contribution in [-0.2, 0) is 16.0 Å². The van der Waals surface area contributed by atoms with Crippen LogP contribution < -0.4 is 4.74 Å². The summed E-state index contributed by atoms with van der Waals surface area (Å²) in [6.45, 7) is -0.0778. The maximum absolute atomic E-state index is 10.5. The van der Waals surface area contributed by atoms with Crippen molar-refractivity contribution in [2.75, 3.05) is 6.61 Å². The van der Waals surface area contributed by atoms with Gasteiger partial charge in [-0.1, -0.05) is 48.5 Å². The molecule has 2 aromatic carbocycles. The molecule has 0 fully saturated rings. The van der Waals surface area contributed by atoms with Crippen LogP contribution in [0.1, 0.15) is 5.56 Å². The Labute approximate surface area is 134 Å². The van der Waals surface area contributed by atoms with Gasteiger partial charge in [0.05, 0.1) is 0 Å². The van der Waals surface area contributed by atoms with E-state index in [2.05, 4.69) is 12.6 Å². The zero-order valence-corrected chi connectivity index (χ0v) is 12.9. The van der Waals surface area contributed by atoms with Crippen molar-refractivity contribution in [2.45, 2.75) is 6.42 Å². The Kier molecular flexibility index (Phi) is 8.24. The van der Waals surface area contributed by atoms with Crippen LogP contribution in [0.2, 0.25) is 0 Å². The molecule has 0 aliphatic heterocycles. The van der Waals surface area contributed by atoms with Gasteiger partial charge < -0.3 is 4.74 Å². The summed E-state index contributed by atoms with van der Waals surface area (Å²) in [6.07, 6.45) is 0.421. The first-order chi connectivity index (χ1) is 10.1. The van der Waals surface area contributed by atoms with E-state index in [-0.39, 0.29) is 11.7 Å². The third kappa shape index (κ3) is 8.89. The molecular formula is C16H15ClO3S. The number of hydrogen-bond acceptors (Lipinski definition) is 3. The van der Waals surface area contributed by atoms with Crippen molar-refractivity contribution in [1.29, 1.82) is 0 Å². The molecular weight excluding hydrogens is 308 g/mol. The highest BCUT2D eigenvalue weighted by Crippen LogP contribution is 2.07. The molecule has 21 heavy (non-hydrogen) atoms. The first-order valence-electron chi connectivity index (χ1n) is 6.20. The number of hydrogen-bond donors (Lipinski definition) is 1. The quantitative estimate of drug-likeness (QED) is 0.676. The summed E-state index contributed by atoms with van der Waals surface area (Å²) < 4.78 is 4.99. The number of halogens is 1. The van der Waals surface area contributed by atoms with Gasteiger partial charge in [-0.15, -0.1) is 12.6 Å². The zero-order valence-electron chi connectivity index (χ0n) is 11.2. The summed E-state index contributed by atoms with van der Waals surface area (Å²) in [5.74, 6) is 0.654. The Morgan fingerprint density at radius 3 is 1.95 bits per heavy atom. The molecule has 110 valence electrons. The van der Waals surface area contributed by atoms with Crippen LogP contribution in [0, 0.1) is 0 Å². The summed E-state index contributed by atoms with van der Waals surface area (Å²) in [5.41, 5.74) is 1.02. The Morgan fingerprint density at radius 1 is 0.952 bits per heavy atom. The molecule has 0 bridgehead atoms. The smallest absolute Gasteiger partial charge is 0.259 e. The Hall–Kier alpha value is -1.78. The lowest BCUT2D eigenvalue weighted by Crippen LogP contribution is -2.03. The SMILES string of the molecule is O=C(Cl)COc1ccccc1.O=C(S)Cc1ccccc1. The maximum Gasteiger partial charge on any atom is 0.259 e. The lowest BCUT2D eigenvalue weighted by Gasteiger charge is -2.00. The van der Waals surface area contributed by atoms with Gasteiger partial charge in [0.1, 0.15) is 5.75 Å². The van der Waals surface area contributed by atoms with E-state index in [1.807, 2.05) is 48.5 Å². The molecule has 0 radical (unpaired) electrons. The highest BCUT2D eigenvalue weighted by atomic mass is 35.5. The first kappa shape index (κ1) is 17.3. The molecule has 0 aliphatic carbocycles. The first-order valence-corrected chi connectivity index (χ1v) is 7.02. The Balaban J connectivity index is 0.000000211. The summed E-state index contributed by atoms with van der Waals surface area (Å²) in [5, 5.41) is -0.583. The number of para-hydroxylation sites is 1. The van der Waals surface area contributed by atoms with Gasteiger partial charge in [0.15, 0.2) is 11.7 Å². The van der Waals surface area contributed by atoms with E-state index >= 15 is 0 Å². The summed E-state index contributed by atoms with van der Waals surface area (Å²) in [6, 6.07) is 18.6. The fourth-order valence-electron chi connectivity index (χ4n) is 1.43. The molecule has 0 saturated carbocycles. The number of carbonyl (C=O) groups is 2. The van der Waals surface area contributed by atoms with Crippen LogP contribution in [0.4, 0.5) is 0 Å². The Morgan fingerprint density at radius 2 is 1.48 bits per heavy atom. The third-order valence-corrected chi connectivity index (χ3v) is 2.56. The van der Waals surface area contributed by atoms with Crippen LogP contribution >= 0.6 is 24.2 Å². The lowest BCUT2D eigenvalue weighted by molar-refractivity contribution is -0.113. The minimum Gasteiger partial charge on any atom is -0.484 e. The number of thiol groups is 1. The molecule has 0 saturated heterocycles. The summed E-state index contributed by atoms with van der Waals surface area (Å²) in [4.78, 5) is 20.7. The van der Waals surface area contributed by atoms with Crippen molar-refractivity contribution in [3.05, 3.63) is 66.2 Å². The lowest BCUT2D eigenvalue weighted by atomic mass is 10.2. The van der Waals surface area contributed by atoms with Crippen molar-refractivity contribution < 1.29 is 14.3 Å². The van der Waals surface area contributed by atoms with Gasteiger partial charge in [0.2, 0.25) is 0 Å². The van der Waals surface area contributed by atoms with Crippen molar-refractivity contribution >= 4 is 34.6 Å². The van der Waals surface area contributed by atoms with Gasteiger partial charge in [-0.2, -0.15) is 0 Å². The van der Waals surface area contributed by atoms with Crippen molar-refractivity contribution in [3.63, 3.8) is 0 Å². The standard InChI is InChI=1S/C8H7ClO2.C8H8OS/c9-8(10)6-11-7-4-2-1-3-5-7;9-8(10)6-7-4-2-1-3-5-7/h1-5H,6H2;1-5H,6H2,(H,9,10). The number of ether oxygens (including phenoxy) is 1. The van der Waals surface area contributed by atoms with Crippen LogP contribution in [0.5, 0.6) is 5.75 Å². The van der Waals surface area contributed by atoms with Gasteiger partial charge in [-0.25, -0.2) is 0 Å². The second-order valence-corrected chi connectivity index (χ2v) is 4.93. The highest BCUT2D eigenvalue weighted by Gasteiger charge is 1.96.